The summed E-state index contributed by atoms with van der Waals surface area (Å²) in [7, 11) is 0. The molecule has 0 saturated carbocycles. The van der Waals surface area contributed by atoms with Crippen molar-refractivity contribution < 1.29 is 28.5 Å². The van der Waals surface area contributed by atoms with Gasteiger partial charge in [0.15, 0.2) is 5.13 Å². The van der Waals surface area contributed by atoms with Crippen LogP contribution in [-0.4, -0.2) is 57.8 Å². The minimum absolute atomic E-state index is 0.000758. The highest BCUT2D eigenvalue weighted by molar-refractivity contribution is 7.17. The Hall–Kier alpha value is -3.06. The first-order valence-corrected chi connectivity index (χ1v) is 11.5. The molecular formula is C22H19ClF3N5O3S. The number of aromatic hydroxyl groups is 1. The van der Waals surface area contributed by atoms with Gasteiger partial charge in [-0.1, -0.05) is 29.0 Å². The number of fused-ring (bicyclic) bond motifs is 1. The lowest BCUT2D eigenvalue weighted by Crippen LogP contribution is -2.29. The van der Waals surface area contributed by atoms with E-state index in [0.29, 0.717) is 26.2 Å². The predicted molar refractivity (Wildman–Crippen MR) is 125 cm³/mol. The number of benzene rings is 1. The van der Waals surface area contributed by atoms with Crippen molar-refractivity contribution in [3.05, 3.63) is 67.8 Å². The van der Waals surface area contributed by atoms with Crippen molar-refractivity contribution in [3.63, 3.8) is 0 Å². The van der Waals surface area contributed by atoms with Crippen LogP contribution in [0.3, 0.4) is 0 Å². The summed E-state index contributed by atoms with van der Waals surface area (Å²) in [5.74, 6) is -0.303. The summed E-state index contributed by atoms with van der Waals surface area (Å²) in [6.07, 6.45) is -2.30. The van der Waals surface area contributed by atoms with Crippen LogP contribution in [0.4, 0.5) is 18.3 Å². The van der Waals surface area contributed by atoms with Gasteiger partial charge in [-0.2, -0.15) is 28.4 Å². The fourth-order valence-electron chi connectivity index (χ4n) is 3.50. The molecule has 3 aromatic rings. The number of aliphatic hydroxyl groups is 2. The molecule has 8 nitrogen and oxygen atoms in total. The second-order valence-corrected chi connectivity index (χ2v) is 8.89. The number of aromatic nitrogens is 2. The van der Waals surface area contributed by atoms with Crippen LogP contribution in [0.1, 0.15) is 21.7 Å². The van der Waals surface area contributed by atoms with Crippen molar-refractivity contribution in [2.45, 2.75) is 12.6 Å². The van der Waals surface area contributed by atoms with Gasteiger partial charge in [-0.25, -0.2) is 0 Å². The number of nitrogens with zero attached hydrogens (tertiary/aromatic N) is 5. The maximum Gasteiger partial charge on any atom is 0.417 e. The number of hydrogen-bond acceptors (Lipinski definition) is 9. The highest BCUT2D eigenvalue weighted by Crippen LogP contribution is 2.37. The van der Waals surface area contributed by atoms with E-state index < -0.39 is 11.7 Å². The maximum atomic E-state index is 13.1. The smallest absolute Gasteiger partial charge is 0.417 e. The second kappa shape index (κ2) is 10.3. The topological polar surface area (TPSA) is 114 Å². The van der Waals surface area contributed by atoms with Crippen molar-refractivity contribution >= 4 is 39.9 Å². The van der Waals surface area contributed by atoms with Crippen molar-refractivity contribution in [2.24, 2.45) is 10.2 Å². The monoisotopic (exact) mass is 525 g/mol. The van der Waals surface area contributed by atoms with Crippen LogP contribution in [0.2, 0.25) is 5.02 Å². The average Bonchev–Trinajstić information content (AvgIpc) is 3.43. The highest BCUT2D eigenvalue weighted by Gasteiger charge is 2.32. The molecule has 13 heteroatoms. The number of alkyl halides is 3. The molecule has 0 aliphatic carbocycles. The first-order valence-electron chi connectivity index (χ1n) is 10.3. The molecule has 0 spiro atoms. The second-order valence-electron chi connectivity index (χ2n) is 7.51. The summed E-state index contributed by atoms with van der Waals surface area (Å²) in [6.45, 7) is -0.00719. The van der Waals surface area contributed by atoms with Crippen LogP contribution in [0.5, 0.6) is 5.88 Å². The van der Waals surface area contributed by atoms with E-state index in [4.69, 9.17) is 11.6 Å². The molecule has 3 N–H and O–H groups in total. The minimum atomic E-state index is -4.59. The van der Waals surface area contributed by atoms with E-state index in [0.717, 1.165) is 29.2 Å². The molecule has 0 saturated heterocycles. The van der Waals surface area contributed by atoms with E-state index >= 15 is 0 Å². The van der Waals surface area contributed by atoms with Gasteiger partial charge >= 0.3 is 6.18 Å². The number of pyridine rings is 1. The highest BCUT2D eigenvalue weighted by atomic mass is 35.5. The van der Waals surface area contributed by atoms with Gasteiger partial charge in [-0.3, -0.25) is 4.98 Å². The lowest BCUT2D eigenvalue weighted by molar-refractivity contribution is -0.137. The molecule has 0 amide bonds. The van der Waals surface area contributed by atoms with Crippen LogP contribution in [0.15, 0.2) is 40.7 Å². The number of aliphatic hydroxyl groups excluding tert-OH is 2. The summed E-state index contributed by atoms with van der Waals surface area (Å²) in [5.41, 5.74) is 0.481. The summed E-state index contributed by atoms with van der Waals surface area (Å²) >= 11 is 7.29. The molecule has 1 aliphatic rings. The van der Waals surface area contributed by atoms with Gasteiger partial charge in [-0.15, -0.1) is 0 Å². The van der Waals surface area contributed by atoms with Crippen molar-refractivity contribution in [3.8, 4) is 5.88 Å². The third kappa shape index (κ3) is 5.45. The average molecular weight is 526 g/mol. The van der Waals surface area contributed by atoms with Crippen molar-refractivity contribution in [1.29, 1.82) is 0 Å². The predicted octanol–water partition coefficient (Wildman–Crippen LogP) is 2.12. The Morgan fingerprint density at radius 2 is 1.86 bits per heavy atom. The summed E-state index contributed by atoms with van der Waals surface area (Å²) in [6, 6.07) is 6.10. The Balaban J connectivity index is 1.85. The van der Waals surface area contributed by atoms with Crippen LogP contribution in [0, 0.1) is 0 Å². The van der Waals surface area contributed by atoms with E-state index in [2.05, 4.69) is 20.2 Å². The quantitative estimate of drug-likeness (QED) is 0.415. The summed E-state index contributed by atoms with van der Waals surface area (Å²) in [5, 5.41) is 38.8. The number of rotatable bonds is 8. The van der Waals surface area contributed by atoms with Crippen LogP contribution < -0.4 is 15.5 Å². The molecule has 0 fully saturated rings. The molecule has 0 atom stereocenters. The van der Waals surface area contributed by atoms with Crippen molar-refractivity contribution in [1.82, 2.24) is 9.97 Å². The van der Waals surface area contributed by atoms with Gasteiger partial charge in [0, 0.05) is 31.3 Å². The first kappa shape index (κ1) is 25.0. The van der Waals surface area contributed by atoms with E-state index in [-0.39, 0.29) is 49.3 Å². The normalized spacial score (nSPS) is 13.5. The van der Waals surface area contributed by atoms with Gasteiger partial charge in [0.2, 0.25) is 5.88 Å². The van der Waals surface area contributed by atoms with Gasteiger partial charge in [-0.05, 0) is 29.0 Å². The fourth-order valence-corrected chi connectivity index (χ4v) is 4.81. The molecule has 0 unspecified atom stereocenters. The zero-order chi connectivity index (χ0) is 25.2. The minimum Gasteiger partial charge on any atom is -0.492 e. The van der Waals surface area contributed by atoms with Gasteiger partial charge in [0.1, 0.15) is 0 Å². The van der Waals surface area contributed by atoms with Crippen LogP contribution in [0.25, 0.3) is 5.57 Å². The Morgan fingerprint density at radius 1 is 1.11 bits per heavy atom. The standard InChI is InChI=1S/C22H19ClF3N5O3S/c23-16-8-14(22(24,25)26)11-27-18(16)9-15(12-1-2-17-13(7-12)10-28-30-17)19-20(34)29-21(35-19)31(3-5-32)4-6-33/h1-2,7-8,10-11,32-34H,3-6,9H2. The zero-order valence-electron chi connectivity index (χ0n) is 18.0. The summed E-state index contributed by atoms with van der Waals surface area (Å²) in [4.78, 5) is 10.1. The van der Waals surface area contributed by atoms with E-state index in [1.165, 1.54) is 0 Å². The Kier molecular flexibility index (Phi) is 7.36. The number of anilines is 1. The Labute approximate surface area is 206 Å². The van der Waals surface area contributed by atoms with E-state index in [9.17, 15) is 28.5 Å². The molecule has 1 aliphatic heterocycles. The van der Waals surface area contributed by atoms with Crippen molar-refractivity contribution in [2.75, 3.05) is 31.2 Å². The number of hydrogen-bond donors (Lipinski definition) is 3. The molecule has 184 valence electrons. The van der Waals surface area contributed by atoms with Gasteiger partial charge in [0.05, 0.1) is 45.9 Å². The van der Waals surface area contributed by atoms with Gasteiger partial charge < -0.3 is 20.2 Å². The molecule has 3 heterocycles. The molecule has 0 bridgehead atoms. The zero-order valence-corrected chi connectivity index (χ0v) is 19.6. The molecule has 0 radical (unpaired) electrons. The summed E-state index contributed by atoms with van der Waals surface area (Å²) < 4.78 is 39.2. The van der Waals surface area contributed by atoms with Crippen LogP contribution >= 0.6 is 22.9 Å². The molecular weight excluding hydrogens is 507 g/mol. The van der Waals surface area contributed by atoms with Gasteiger partial charge in [0.25, 0.3) is 0 Å². The van der Waals surface area contributed by atoms with E-state index in [1.54, 1.807) is 29.3 Å². The number of thiazole rings is 1. The lowest BCUT2D eigenvalue weighted by Gasteiger charge is -2.18. The lowest BCUT2D eigenvalue weighted by atomic mass is 10.0. The van der Waals surface area contributed by atoms with E-state index in [1.807, 2.05) is 0 Å². The fraction of sp³-hybridized carbons (Fsp3) is 0.273. The molecule has 2 aromatic heterocycles. The number of halogens is 4. The third-order valence-corrected chi connectivity index (χ3v) is 6.70. The van der Waals surface area contributed by atoms with Crippen LogP contribution in [-0.2, 0) is 12.6 Å². The maximum absolute atomic E-state index is 13.1. The Morgan fingerprint density at radius 3 is 2.51 bits per heavy atom. The molecule has 1 aromatic carbocycles. The molecule has 4 rings (SSSR count). The SMILES string of the molecule is OCCN(CCO)c1nc(O)c(C(Cc2ncc(C(F)(F)F)cc2Cl)=c2ccc3c(c2)C=NN=3)s1. The first-order chi connectivity index (χ1) is 16.7. The molecule has 35 heavy (non-hydrogen) atoms. The third-order valence-electron chi connectivity index (χ3n) is 5.21. The Bertz CT molecular complexity index is 1390. The largest absolute Gasteiger partial charge is 0.492 e.